The van der Waals surface area contributed by atoms with E-state index in [-0.39, 0.29) is 6.04 Å². The van der Waals surface area contributed by atoms with E-state index in [0.717, 1.165) is 5.56 Å². The molecule has 0 saturated carbocycles. The summed E-state index contributed by atoms with van der Waals surface area (Å²) in [5.41, 5.74) is 6.91. The van der Waals surface area contributed by atoms with Gasteiger partial charge in [-0.3, -0.25) is 0 Å². The number of hydrogen-bond donors (Lipinski definition) is 1. The lowest BCUT2D eigenvalue weighted by Gasteiger charge is -2.27. The molecule has 0 heterocycles. The van der Waals surface area contributed by atoms with E-state index in [9.17, 15) is 13.2 Å². The molecule has 0 aromatic heterocycles. The van der Waals surface area contributed by atoms with Gasteiger partial charge in [0.25, 0.3) is 0 Å². The van der Waals surface area contributed by atoms with Gasteiger partial charge in [0, 0.05) is 12.6 Å². The molecule has 19 heavy (non-hydrogen) atoms. The number of nitrogens with zero attached hydrogens (tertiary/aromatic N) is 1. The largest absolute Gasteiger partial charge is 0.405 e. The van der Waals surface area contributed by atoms with Crippen LogP contribution >= 0.6 is 11.6 Å². The molecule has 2 N–H and O–H groups in total. The van der Waals surface area contributed by atoms with Gasteiger partial charge >= 0.3 is 6.18 Å². The van der Waals surface area contributed by atoms with Crippen molar-refractivity contribution in [3.05, 3.63) is 28.8 Å². The van der Waals surface area contributed by atoms with Crippen LogP contribution in [0.1, 0.15) is 31.9 Å². The van der Waals surface area contributed by atoms with Gasteiger partial charge < -0.3 is 10.6 Å². The van der Waals surface area contributed by atoms with Crippen molar-refractivity contribution in [2.75, 3.05) is 18.0 Å². The van der Waals surface area contributed by atoms with Crippen LogP contribution in [-0.4, -0.2) is 19.3 Å². The molecular weight excluding hydrogens is 277 g/mol. The molecule has 6 heteroatoms. The third-order valence-electron chi connectivity index (χ3n) is 2.70. The van der Waals surface area contributed by atoms with Gasteiger partial charge in [0.1, 0.15) is 6.54 Å². The van der Waals surface area contributed by atoms with Crippen molar-refractivity contribution in [3.8, 4) is 0 Å². The van der Waals surface area contributed by atoms with E-state index >= 15 is 0 Å². The molecule has 0 unspecified atom stereocenters. The summed E-state index contributed by atoms with van der Waals surface area (Å²) >= 11 is 6.07. The number of alkyl halides is 3. The lowest BCUT2D eigenvalue weighted by atomic mass is 10.1. The second kappa shape index (κ2) is 6.48. The standard InChI is InChI=1S/C13H18ClF3N2/c1-3-6-19(8-13(15,16)17)12-5-4-10(9(2)18)7-11(12)14/h4-5,7,9H,3,6,8,18H2,1-2H3/t9-/m1/s1. The SMILES string of the molecule is CCCN(CC(F)(F)F)c1ccc([C@@H](C)N)cc1Cl. The Kier molecular flexibility index (Phi) is 5.50. The molecule has 1 aromatic carbocycles. The minimum Gasteiger partial charge on any atom is -0.361 e. The lowest BCUT2D eigenvalue weighted by Crippen LogP contribution is -2.35. The minimum atomic E-state index is -4.25. The molecule has 0 aliphatic rings. The zero-order chi connectivity index (χ0) is 14.6. The Morgan fingerprint density at radius 3 is 2.42 bits per heavy atom. The topological polar surface area (TPSA) is 29.3 Å². The van der Waals surface area contributed by atoms with E-state index in [1.54, 1.807) is 25.1 Å². The first-order chi connectivity index (χ1) is 8.74. The number of halogens is 4. The van der Waals surface area contributed by atoms with Crippen LogP contribution in [-0.2, 0) is 0 Å². The Morgan fingerprint density at radius 2 is 2.00 bits per heavy atom. The number of rotatable bonds is 5. The molecule has 0 aliphatic heterocycles. The molecule has 0 fully saturated rings. The van der Waals surface area contributed by atoms with Gasteiger partial charge in [0.05, 0.1) is 10.7 Å². The predicted molar refractivity (Wildman–Crippen MR) is 72.6 cm³/mol. The van der Waals surface area contributed by atoms with Crippen LogP contribution in [0, 0.1) is 0 Å². The molecule has 1 rings (SSSR count). The van der Waals surface area contributed by atoms with Gasteiger partial charge in [-0.15, -0.1) is 0 Å². The van der Waals surface area contributed by atoms with Gasteiger partial charge in [0.2, 0.25) is 0 Å². The minimum absolute atomic E-state index is 0.200. The first-order valence-corrected chi connectivity index (χ1v) is 6.49. The van der Waals surface area contributed by atoms with Crippen LogP contribution in [0.15, 0.2) is 18.2 Å². The summed E-state index contributed by atoms with van der Waals surface area (Å²) in [6.45, 7) is 2.92. The van der Waals surface area contributed by atoms with Gasteiger partial charge in [-0.2, -0.15) is 13.2 Å². The van der Waals surface area contributed by atoms with Crippen molar-refractivity contribution in [1.29, 1.82) is 0 Å². The van der Waals surface area contributed by atoms with E-state index in [2.05, 4.69) is 0 Å². The predicted octanol–water partition coefficient (Wildman–Crippen LogP) is 4.14. The number of benzene rings is 1. The quantitative estimate of drug-likeness (QED) is 0.884. The molecule has 0 spiro atoms. The van der Waals surface area contributed by atoms with Crippen molar-refractivity contribution in [3.63, 3.8) is 0 Å². The highest BCUT2D eigenvalue weighted by Gasteiger charge is 2.31. The Balaban J connectivity index is 3.02. The van der Waals surface area contributed by atoms with E-state index in [0.29, 0.717) is 23.7 Å². The first-order valence-electron chi connectivity index (χ1n) is 6.11. The monoisotopic (exact) mass is 294 g/mol. The van der Waals surface area contributed by atoms with Crippen LogP contribution in [0.25, 0.3) is 0 Å². The highest BCUT2D eigenvalue weighted by atomic mass is 35.5. The third kappa shape index (κ3) is 4.91. The molecule has 0 bridgehead atoms. The Hall–Kier alpha value is -0.940. The molecule has 0 aliphatic carbocycles. The molecule has 1 atom stereocenters. The zero-order valence-corrected chi connectivity index (χ0v) is 11.7. The highest BCUT2D eigenvalue weighted by Crippen LogP contribution is 2.31. The van der Waals surface area contributed by atoms with Crippen molar-refractivity contribution in [2.24, 2.45) is 5.73 Å². The fourth-order valence-corrected chi connectivity index (χ4v) is 2.14. The van der Waals surface area contributed by atoms with Crippen molar-refractivity contribution in [1.82, 2.24) is 0 Å². The Morgan fingerprint density at radius 1 is 1.37 bits per heavy atom. The van der Waals surface area contributed by atoms with E-state index in [1.165, 1.54) is 4.90 Å². The summed E-state index contributed by atoms with van der Waals surface area (Å²) in [6.07, 6.45) is -3.64. The van der Waals surface area contributed by atoms with Gasteiger partial charge in [-0.1, -0.05) is 24.6 Å². The van der Waals surface area contributed by atoms with E-state index < -0.39 is 12.7 Å². The Labute approximate surface area is 116 Å². The van der Waals surface area contributed by atoms with E-state index in [1.807, 2.05) is 6.92 Å². The molecule has 2 nitrogen and oxygen atoms in total. The molecular formula is C13H18ClF3N2. The second-order valence-electron chi connectivity index (χ2n) is 4.54. The molecule has 108 valence electrons. The molecule has 0 saturated heterocycles. The van der Waals surface area contributed by atoms with Crippen molar-refractivity contribution >= 4 is 17.3 Å². The van der Waals surface area contributed by atoms with E-state index in [4.69, 9.17) is 17.3 Å². The van der Waals surface area contributed by atoms with Gasteiger partial charge in [-0.05, 0) is 31.0 Å². The third-order valence-corrected chi connectivity index (χ3v) is 3.00. The average molecular weight is 295 g/mol. The number of anilines is 1. The summed E-state index contributed by atoms with van der Waals surface area (Å²) in [6, 6.07) is 4.74. The van der Waals surface area contributed by atoms with Crippen molar-refractivity contribution in [2.45, 2.75) is 32.5 Å². The van der Waals surface area contributed by atoms with Crippen molar-refractivity contribution < 1.29 is 13.2 Å². The molecule has 0 radical (unpaired) electrons. The van der Waals surface area contributed by atoms with Crippen LogP contribution < -0.4 is 10.6 Å². The summed E-state index contributed by atoms with van der Waals surface area (Å²) in [4.78, 5) is 1.24. The highest BCUT2D eigenvalue weighted by molar-refractivity contribution is 6.33. The van der Waals surface area contributed by atoms with Gasteiger partial charge in [-0.25, -0.2) is 0 Å². The molecule has 0 amide bonds. The smallest absolute Gasteiger partial charge is 0.361 e. The normalized spacial score (nSPS) is 13.4. The van der Waals surface area contributed by atoms with Crippen LogP contribution in [0.2, 0.25) is 5.02 Å². The fraction of sp³-hybridized carbons (Fsp3) is 0.538. The average Bonchev–Trinajstić information content (AvgIpc) is 2.26. The summed E-state index contributed by atoms with van der Waals surface area (Å²) < 4.78 is 37.6. The maximum Gasteiger partial charge on any atom is 0.405 e. The first kappa shape index (κ1) is 16.1. The maximum atomic E-state index is 12.5. The second-order valence-corrected chi connectivity index (χ2v) is 4.94. The summed E-state index contributed by atoms with van der Waals surface area (Å²) in [5.74, 6) is 0. The van der Waals surface area contributed by atoms with Crippen LogP contribution in [0.5, 0.6) is 0 Å². The number of hydrogen-bond acceptors (Lipinski definition) is 2. The fourth-order valence-electron chi connectivity index (χ4n) is 1.83. The maximum absolute atomic E-state index is 12.5. The number of nitrogens with two attached hydrogens (primary N) is 1. The van der Waals surface area contributed by atoms with Gasteiger partial charge in [0.15, 0.2) is 0 Å². The summed E-state index contributed by atoms with van der Waals surface area (Å²) in [7, 11) is 0. The zero-order valence-electron chi connectivity index (χ0n) is 11.0. The Bertz CT molecular complexity index is 419. The van der Waals surface area contributed by atoms with Crippen LogP contribution in [0.3, 0.4) is 0 Å². The lowest BCUT2D eigenvalue weighted by molar-refractivity contribution is -0.119. The summed E-state index contributed by atoms with van der Waals surface area (Å²) in [5, 5.41) is 0.299. The molecule has 1 aromatic rings. The van der Waals surface area contributed by atoms with Crippen LogP contribution in [0.4, 0.5) is 18.9 Å².